The van der Waals surface area contributed by atoms with Crippen LogP contribution in [0.5, 0.6) is 0 Å². The molecule has 0 aliphatic carbocycles. The number of carbonyl (C=O) groups is 9. The minimum Gasteiger partial charge on any atom is -0.481 e. The summed E-state index contributed by atoms with van der Waals surface area (Å²) < 4.78 is 0. The summed E-state index contributed by atoms with van der Waals surface area (Å²) in [6.07, 6.45) is -2.11. The molecule has 29 N–H and O–H groups in total. The van der Waals surface area contributed by atoms with Crippen LogP contribution in [0.3, 0.4) is 0 Å². The lowest BCUT2D eigenvalue weighted by Crippen LogP contribution is -2.60. The van der Waals surface area contributed by atoms with Crippen molar-refractivity contribution in [1.29, 1.82) is 0 Å². The molecule has 32 nitrogen and oxygen atoms in total. The highest BCUT2D eigenvalue weighted by Crippen LogP contribution is 2.09. The first-order valence-electron chi connectivity index (χ1n) is 21.5. The summed E-state index contributed by atoms with van der Waals surface area (Å²) >= 11 is 0. The molecule has 0 aromatic heterocycles. The van der Waals surface area contributed by atoms with E-state index in [0.29, 0.717) is 6.42 Å². The molecule has 0 aromatic carbocycles. The molecular formula is C37H70N20O12. The van der Waals surface area contributed by atoms with Crippen molar-refractivity contribution in [3.63, 3.8) is 0 Å². The zero-order chi connectivity index (χ0) is 52.6. The van der Waals surface area contributed by atoms with Crippen LogP contribution in [-0.2, 0) is 43.2 Å². The maximum atomic E-state index is 14.0. The van der Waals surface area contributed by atoms with Crippen LogP contribution < -0.4 is 89.2 Å². The average molecular weight is 987 g/mol. The third-order valence-electron chi connectivity index (χ3n) is 9.43. The molecule has 0 saturated carbocycles. The zero-order valence-corrected chi connectivity index (χ0v) is 38.1. The molecule has 7 amide bonds. The average Bonchev–Trinajstić information content (AvgIpc) is 3.26. The Hall–Kier alpha value is -7.77. The van der Waals surface area contributed by atoms with Gasteiger partial charge in [-0.05, 0) is 64.2 Å². The van der Waals surface area contributed by atoms with Gasteiger partial charge in [0.25, 0.3) is 0 Å². The fourth-order valence-electron chi connectivity index (χ4n) is 5.88. The number of primary amides is 1. The van der Waals surface area contributed by atoms with E-state index >= 15 is 0 Å². The maximum absolute atomic E-state index is 14.0. The molecule has 69 heavy (non-hydrogen) atoms. The number of aliphatic imine (C=N–C) groups is 4. The number of aliphatic hydroxyl groups is 1. The van der Waals surface area contributed by atoms with E-state index in [1.165, 1.54) is 0 Å². The Morgan fingerprint density at radius 1 is 0.391 bits per heavy atom. The van der Waals surface area contributed by atoms with Crippen LogP contribution in [0.4, 0.5) is 0 Å². The number of carbonyl (C=O) groups excluding carboxylic acids is 7. The molecule has 0 aromatic rings. The van der Waals surface area contributed by atoms with E-state index in [0.717, 1.165) is 0 Å². The van der Waals surface area contributed by atoms with Crippen LogP contribution >= 0.6 is 0 Å². The number of nitrogens with two attached hydrogens (primary N) is 10. The summed E-state index contributed by atoms with van der Waals surface area (Å²) in [5, 5.41) is 43.2. The number of aliphatic carboxylic acids is 2. The molecule has 0 radical (unpaired) electrons. The molecule has 7 atom stereocenters. The second-order valence-electron chi connectivity index (χ2n) is 15.2. The molecular weight excluding hydrogens is 917 g/mol. The predicted octanol–water partition coefficient (Wildman–Crippen LogP) is -9.36. The van der Waals surface area contributed by atoms with Crippen LogP contribution in [0.2, 0.25) is 0 Å². The smallest absolute Gasteiger partial charge is 0.326 e. The monoisotopic (exact) mass is 987 g/mol. The van der Waals surface area contributed by atoms with Crippen molar-refractivity contribution in [3.8, 4) is 0 Å². The second kappa shape index (κ2) is 33.7. The molecule has 0 bridgehead atoms. The molecule has 0 rings (SSSR count). The molecule has 0 aliphatic heterocycles. The van der Waals surface area contributed by atoms with E-state index in [2.05, 4.69) is 51.9 Å². The van der Waals surface area contributed by atoms with Crippen molar-refractivity contribution in [2.45, 2.75) is 119 Å². The lowest BCUT2D eigenvalue weighted by atomic mass is 10.0. The lowest BCUT2D eigenvalue weighted by molar-refractivity contribution is -0.143. The quantitative estimate of drug-likeness (QED) is 0.0157. The third kappa shape index (κ3) is 28.8. The van der Waals surface area contributed by atoms with Crippen molar-refractivity contribution in [3.05, 3.63) is 0 Å². The van der Waals surface area contributed by atoms with Gasteiger partial charge < -0.3 is 105 Å². The molecule has 0 saturated heterocycles. The molecule has 0 aliphatic rings. The Bertz CT molecular complexity index is 1850. The van der Waals surface area contributed by atoms with Crippen LogP contribution in [0.25, 0.3) is 0 Å². The van der Waals surface area contributed by atoms with E-state index < -0.39 is 128 Å². The highest BCUT2D eigenvalue weighted by Gasteiger charge is 2.34. The van der Waals surface area contributed by atoms with Crippen molar-refractivity contribution in [1.82, 2.24) is 31.9 Å². The summed E-state index contributed by atoms with van der Waals surface area (Å²) in [5.41, 5.74) is 54.1. The number of amides is 7. The van der Waals surface area contributed by atoms with Crippen molar-refractivity contribution >= 4 is 77.1 Å². The topological polar surface area (TPSA) is 596 Å². The van der Waals surface area contributed by atoms with Crippen LogP contribution in [0, 0.1) is 0 Å². The Morgan fingerprint density at radius 3 is 1.01 bits per heavy atom. The summed E-state index contributed by atoms with van der Waals surface area (Å²) in [5.74, 6) is -10.9. The first-order chi connectivity index (χ1) is 32.4. The number of hydrogen-bond acceptors (Lipinski definition) is 15. The van der Waals surface area contributed by atoms with Crippen LogP contribution in [0.15, 0.2) is 20.0 Å². The number of rotatable bonds is 36. The summed E-state index contributed by atoms with van der Waals surface area (Å²) in [4.78, 5) is 132. The van der Waals surface area contributed by atoms with Gasteiger partial charge >= 0.3 is 11.9 Å². The number of nitrogens with zero attached hydrogens (tertiary/aromatic N) is 4. The number of carboxylic acids is 2. The van der Waals surface area contributed by atoms with Gasteiger partial charge in [0.2, 0.25) is 41.4 Å². The molecule has 0 unspecified atom stereocenters. The van der Waals surface area contributed by atoms with Gasteiger partial charge in [-0.2, -0.15) is 0 Å². The van der Waals surface area contributed by atoms with Crippen molar-refractivity contribution in [2.75, 3.05) is 32.8 Å². The Morgan fingerprint density at radius 2 is 0.681 bits per heavy atom. The van der Waals surface area contributed by atoms with E-state index in [9.17, 15) is 58.5 Å². The highest BCUT2D eigenvalue weighted by molar-refractivity contribution is 5.97. The summed E-state index contributed by atoms with van der Waals surface area (Å²) in [6.45, 7) is -0.934. The van der Waals surface area contributed by atoms with Gasteiger partial charge in [0, 0.05) is 39.0 Å². The number of aliphatic hydroxyl groups excluding tert-OH is 1. The number of hydrogen-bond donors (Lipinski definition) is 19. The molecule has 390 valence electrons. The standard InChI is InChI=1S/C37H70N20O12/c38-18(5-1-13-48-34(40)41)27(62)52-19(6-2-14-49-35(42)43)28(63)55-22(10-12-26(60)61)30(65)53-20(7-3-15-50-36(44)45)29(64)54-21(9-11-25(39)59)31(66)57-24(17-58)32(67)56-23(33(68)69)8-4-16-51-37(46)47/h18-24,58H,1-17,38H2,(H2,39,59)(H,52,62)(H,53,65)(H,54,64)(H,55,63)(H,56,67)(H,57,66)(H,60,61)(H,68,69)(H4,40,41,48)(H4,42,43,49)(H4,44,45,50)(H4,46,47,51)/t18-,19-,20-,21-,22-,23-,24-/m0/s1. The zero-order valence-electron chi connectivity index (χ0n) is 38.1. The maximum Gasteiger partial charge on any atom is 0.326 e. The fraction of sp³-hybridized carbons (Fsp3) is 0.649. The van der Waals surface area contributed by atoms with Gasteiger partial charge in [-0.15, -0.1) is 0 Å². The van der Waals surface area contributed by atoms with E-state index in [1.54, 1.807) is 0 Å². The number of guanidine groups is 4. The van der Waals surface area contributed by atoms with Gasteiger partial charge in [-0.1, -0.05) is 0 Å². The minimum absolute atomic E-state index is 0.000139. The molecule has 0 spiro atoms. The predicted molar refractivity (Wildman–Crippen MR) is 249 cm³/mol. The number of carboxylic acid groups (broad SMARTS) is 2. The van der Waals surface area contributed by atoms with Gasteiger partial charge in [0.05, 0.1) is 12.6 Å². The largest absolute Gasteiger partial charge is 0.481 e. The van der Waals surface area contributed by atoms with E-state index in [4.69, 9.17) is 57.3 Å². The van der Waals surface area contributed by atoms with Gasteiger partial charge in [-0.3, -0.25) is 58.3 Å². The first-order valence-corrected chi connectivity index (χ1v) is 21.5. The van der Waals surface area contributed by atoms with E-state index in [1.807, 2.05) is 0 Å². The minimum atomic E-state index is -1.79. The first kappa shape index (κ1) is 61.2. The van der Waals surface area contributed by atoms with Crippen molar-refractivity contribution < 1.29 is 58.5 Å². The second-order valence-corrected chi connectivity index (χ2v) is 15.2. The van der Waals surface area contributed by atoms with Gasteiger partial charge in [0.1, 0.15) is 36.3 Å². The Balaban J connectivity index is 6.65. The molecule has 32 heteroatoms. The summed E-state index contributed by atoms with van der Waals surface area (Å²) in [6, 6.07) is -10.8. The van der Waals surface area contributed by atoms with Crippen LogP contribution in [-0.4, -0.2) is 168 Å². The molecule has 0 heterocycles. The normalized spacial score (nSPS) is 13.7. The van der Waals surface area contributed by atoms with Gasteiger partial charge in [0.15, 0.2) is 23.8 Å². The Labute approximate surface area is 396 Å². The fourth-order valence-corrected chi connectivity index (χ4v) is 5.88. The number of nitrogens with one attached hydrogen (secondary N) is 6. The summed E-state index contributed by atoms with van der Waals surface area (Å²) in [7, 11) is 0. The molecule has 0 fully saturated rings. The van der Waals surface area contributed by atoms with Crippen LogP contribution in [0.1, 0.15) is 77.0 Å². The van der Waals surface area contributed by atoms with Crippen molar-refractivity contribution in [2.24, 2.45) is 77.3 Å². The van der Waals surface area contributed by atoms with E-state index in [-0.39, 0.29) is 95.0 Å². The van der Waals surface area contributed by atoms with Gasteiger partial charge in [-0.25, -0.2) is 4.79 Å². The highest BCUT2D eigenvalue weighted by atomic mass is 16.4. The lowest BCUT2D eigenvalue weighted by Gasteiger charge is -2.27. The SMILES string of the molecule is NC(=O)CC[C@H](NC(=O)[C@H](CCCN=C(N)N)NC(=O)[C@H](CCC(=O)O)NC(=O)[C@H](CCCN=C(N)N)NC(=O)[C@@H](N)CCCN=C(N)N)C(=O)N[C@@H](CO)C(=O)N[C@@H](CCCN=C(N)N)C(=O)O. The third-order valence-corrected chi connectivity index (χ3v) is 9.43. The Kier molecular flexibility index (Phi) is 29.9.